The number of unbranched alkanes of at least 4 members (excludes halogenated alkanes) is 18. The largest absolute Gasteiger partial charge is 0.140 e. The number of fused-ring (bicyclic) bond motifs is 3. The van der Waals surface area contributed by atoms with E-state index in [1.807, 2.05) is 22.7 Å². The highest BCUT2D eigenvalue weighted by atomic mass is 32.1. The van der Waals surface area contributed by atoms with E-state index in [1.165, 1.54) is 204 Å². The van der Waals surface area contributed by atoms with Crippen LogP contribution in [-0.2, 0) is 12.8 Å². The maximum Gasteiger partial charge on any atom is 0.0345 e. The van der Waals surface area contributed by atoms with Gasteiger partial charge in [0.05, 0.1) is 0 Å². The van der Waals surface area contributed by atoms with Gasteiger partial charge < -0.3 is 0 Å². The van der Waals surface area contributed by atoms with Gasteiger partial charge in [-0.05, 0) is 130 Å². The number of rotatable bonds is 24. The minimum atomic E-state index is 1.22. The smallest absolute Gasteiger partial charge is 0.0345 e. The summed E-state index contributed by atoms with van der Waals surface area (Å²) in [5.74, 6) is 0. The molecule has 0 aliphatic heterocycles. The van der Waals surface area contributed by atoms with Gasteiger partial charge in [-0.15, -0.1) is 22.7 Å². The van der Waals surface area contributed by atoms with Crippen molar-refractivity contribution in [3.8, 4) is 20.9 Å². The number of hydrogen-bond donors (Lipinski definition) is 0. The molecule has 0 fully saturated rings. The Hall–Kier alpha value is -2.94. The normalized spacial score (nSPS) is 11.8. The summed E-state index contributed by atoms with van der Waals surface area (Å²) in [6.07, 6.45) is 30.4. The standard InChI is InChI=1S/C50H64S2/c1-3-5-7-9-11-13-15-17-19-21-23-47-29-31-49(51-47)41-27-25-39-33-46-38-44-36-42(28-26-40(44)34-45(46)37-43(39)35-41)50-32-30-48(52-50)24-22-20-18-16-14-12-10-8-6-4-2/h25-38H,3-24H2,1-2H3. The lowest BCUT2D eigenvalue weighted by molar-refractivity contribution is 0.557. The van der Waals surface area contributed by atoms with Gasteiger partial charge in [0.2, 0.25) is 0 Å². The molecular weight excluding hydrogens is 665 g/mol. The van der Waals surface area contributed by atoms with Gasteiger partial charge in [-0.2, -0.15) is 0 Å². The molecule has 0 radical (unpaired) electrons. The molecule has 6 aromatic rings. The molecule has 0 nitrogen and oxygen atoms in total. The quantitative estimate of drug-likeness (QED) is 0.0430. The van der Waals surface area contributed by atoms with Crippen LogP contribution in [-0.4, -0.2) is 0 Å². The fraction of sp³-hybridized carbons (Fsp3) is 0.480. The number of thiophene rings is 2. The highest BCUT2D eigenvalue weighted by Crippen LogP contribution is 2.36. The first-order chi connectivity index (χ1) is 25.7. The second-order valence-corrected chi connectivity index (χ2v) is 17.9. The second-order valence-electron chi connectivity index (χ2n) is 15.6. The van der Waals surface area contributed by atoms with E-state index in [1.54, 1.807) is 0 Å². The lowest BCUT2D eigenvalue weighted by Crippen LogP contribution is -1.84. The van der Waals surface area contributed by atoms with Crippen molar-refractivity contribution in [2.24, 2.45) is 0 Å². The van der Waals surface area contributed by atoms with Gasteiger partial charge in [0, 0.05) is 19.5 Å². The summed E-state index contributed by atoms with van der Waals surface area (Å²) in [6, 6.07) is 33.1. The summed E-state index contributed by atoms with van der Waals surface area (Å²) in [6.45, 7) is 4.60. The Labute approximate surface area is 324 Å². The van der Waals surface area contributed by atoms with Gasteiger partial charge in [0.15, 0.2) is 0 Å². The van der Waals surface area contributed by atoms with Gasteiger partial charge in [-0.25, -0.2) is 0 Å². The molecule has 0 aliphatic carbocycles. The van der Waals surface area contributed by atoms with Crippen LogP contribution in [0.1, 0.15) is 152 Å². The second kappa shape index (κ2) is 21.1. The number of aryl methyl sites for hydroxylation is 2. The van der Waals surface area contributed by atoms with Crippen molar-refractivity contribution in [1.82, 2.24) is 0 Å². The molecule has 4 aromatic carbocycles. The molecule has 0 spiro atoms. The summed E-state index contributed by atoms with van der Waals surface area (Å²) < 4.78 is 0. The van der Waals surface area contributed by atoms with Crippen molar-refractivity contribution >= 4 is 55.0 Å². The fourth-order valence-electron chi connectivity index (χ4n) is 7.96. The molecule has 0 amide bonds. The third-order valence-corrected chi connectivity index (χ3v) is 13.6. The Morgan fingerprint density at radius 2 is 0.635 bits per heavy atom. The molecule has 6 rings (SSSR count). The zero-order chi connectivity index (χ0) is 35.8. The Morgan fingerprint density at radius 1 is 0.308 bits per heavy atom. The molecule has 2 aromatic heterocycles. The van der Waals surface area contributed by atoms with Crippen molar-refractivity contribution in [3.63, 3.8) is 0 Å². The zero-order valence-electron chi connectivity index (χ0n) is 32.5. The monoisotopic (exact) mass is 728 g/mol. The zero-order valence-corrected chi connectivity index (χ0v) is 34.1. The average Bonchev–Trinajstić information content (AvgIpc) is 3.85. The third kappa shape index (κ3) is 11.5. The van der Waals surface area contributed by atoms with Gasteiger partial charge >= 0.3 is 0 Å². The van der Waals surface area contributed by atoms with Crippen LogP contribution >= 0.6 is 22.7 Å². The minimum Gasteiger partial charge on any atom is -0.140 e. The molecule has 0 saturated heterocycles. The summed E-state index contributed by atoms with van der Waals surface area (Å²) in [5.41, 5.74) is 2.69. The molecule has 2 heterocycles. The lowest BCUT2D eigenvalue weighted by Gasteiger charge is -2.08. The van der Waals surface area contributed by atoms with Crippen molar-refractivity contribution < 1.29 is 0 Å². The van der Waals surface area contributed by atoms with Crippen molar-refractivity contribution in [1.29, 1.82) is 0 Å². The minimum absolute atomic E-state index is 1.22. The molecule has 0 bridgehead atoms. The van der Waals surface area contributed by atoms with Gasteiger partial charge in [0.1, 0.15) is 0 Å². The predicted octanol–water partition coefficient (Wildman–Crippen LogP) is 17.5. The molecule has 276 valence electrons. The highest BCUT2D eigenvalue weighted by molar-refractivity contribution is 7.15. The molecule has 52 heavy (non-hydrogen) atoms. The van der Waals surface area contributed by atoms with Crippen molar-refractivity contribution in [2.75, 3.05) is 0 Å². The van der Waals surface area contributed by atoms with E-state index in [2.05, 4.69) is 98.8 Å². The molecule has 0 atom stereocenters. The third-order valence-electron chi connectivity index (χ3n) is 11.2. The Bertz CT molecular complexity index is 1800. The van der Waals surface area contributed by atoms with E-state index >= 15 is 0 Å². The highest BCUT2D eigenvalue weighted by Gasteiger charge is 2.09. The van der Waals surface area contributed by atoms with Crippen LogP contribution in [0.15, 0.2) is 84.9 Å². The SMILES string of the molecule is CCCCCCCCCCCCc1ccc(-c2ccc3cc4cc5cc(-c6ccc(CCCCCCCCCCCC)s6)ccc5cc4cc3c2)s1. The first-order valence-electron chi connectivity index (χ1n) is 21.3. The van der Waals surface area contributed by atoms with Crippen molar-refractivity contribution in [2.45, 2.75) is 155 Å². The van der Waals surface area contributed by atoms with Gasteiger partial charge in [-0.1, -0.05) is 154 Å². The van der Waals surface area contributed by atoms with E-state index in [9.17, 15) is 0 Å². The summed E-state index contributed by atoms with van der Waals surface area (Å²) in [7, 11) is 0. The Morgan fingerprint density at radius 3 is 1.02 bits per heavy atom. The maximum absolute atomic E-state index is 2.40. The molecule has 0 aliphatic rings. The maximum atomic E-state index is 2.40. The van der Waals surface area contributed by atoms with Crippen LogP contribution in [0.2, 0.25) is 0 Å². The first-order valence-corrected chi connectivity index (χ1v) is 22.9. The summed E-state index contributed by atoms with van der Waals surface area (Å²) in [5, 5.41) is 7.96. The van der Waals surface area contributed by atoms with E-state index in [4.69, 9.17) is 0 Å². The predicted molar refractivity (Wildman–Crippen MR) is 237 cm³/mol. The van der Waals surface area contributed by atoms with E-state index < -0.39 is 0 Å². The molecule has 2 heteroatoms. The molecular formula is C50H64S2. The van der Waals surface area contributed by atoms with Gasteiger partial charge in [-0.3, -0.25) is 0 Å². The van der Waals surface area contributed by atoms with E-state index in [-0.39, 0.29) is 0 Å². The van der Waals surface area contributed by atoms with E-state index in [0.29, 0.717) is 0 Å². The van der Waals surface area contributed by atoms with Crippen molar-refractivity contribution in [3.05, 3.63) is 94.7 Å². The number of benzene rings is 4. The van der Waals surface area contributed by atoms with E-state index in [0.717, 1.165) is 0 Å². The summed E-state index contributed by atoms with van der Waals surface area (Å²) >= 11 is 3.98. The van der Waals surface area contributed by atoms with Gasteiger partial charge in [0.25, 0.3) is 0 Å². The lowest BCUT2D eigenvalue weighted by atomic mass is 9.97. The number of hydrogen-bond acceptors (Lipinski definition) is 2. The Balaban J connectivity index is 1.01. The van der Waals surface area contributed by atoms with Crippen LogP contribution in [0.25, 0.3) is 53.2 Å². The van der Waals surface area contributed by atoms with Crippen LogP contribution < -0.4 is 0 Å². The van der Waals surface area contributed by atoms with Crippen LogP contribution in [0.4, 0.5) is 0 Å². The molecule has 0 unspecified atom stereocenters. The molecule has 0 N–H and O–H groups in total. The average molecular weight is 729 g/mol. The van der Waals surface area contributed by atoms with Crippen LogP contribution in [0, 0.1) is 0 Å². The molecule has 0 saturated carbocycles. The first kappa shape index (κ1) is 38.8. The Kier molecular flexibility index (Phi) is 15.7. The topological polar surface area (TPSA) is 0 Å². The van der Waals surface area contributed by atoms with Crippen LogP contribution in [0.5, 0.6) is 0 Å². The van der Waals surface area contributed by atoms with Crippen LogP contribution in [0.3, 0.4) is 0 Å². The fourth-order valence-corrected chi connectivity index (χ4v) is 10.1. The summed E-state index contributed by atoms with van der Waals surface area (Å²) in [4.78, 5) is 5.87.